The standard InChI is InChI=1S/C22H29N5O2/c1-13-5-8-19(24-14(13)2)21(28)25-15(3)17-9-10-27(12-17)22(29)20-18(16-6-7-16)11-23-26(20)4/h5,8,11,15-17H,6-7,9-10,12H2,1-4H3,(H,25,28). The fraction of sp³-hybridized carbons (Fsp3) is 0.545. The van der Waals surface area contributed by atoms with Crippen molar-refractivity contribution in [3.05, 3.63) is 46.5 Å². The Morgan fingerprint density at radius 3 is 2.66 bits per heavy atom. The van der Waals surface area contributed by atoms with Crippen molar-refractivity contribution in [2.45, 2.75) is 52.0 Å². The Labute approximate surface area is 171 Å². The zero-order valence-corrected chi connectivity index (χ0v) is 17.6. The van der Waals surface area contributed by atoms with E-state index >= 15 is 0 Å². The number of nitrogens with one attached hydrogen (secondary N) is 1. The second-order valence-corrected chi connectivity index (χ2v) is 8.51. The summed E-state index contributed by atoms with van der Waals surface area (Å²) in [4.78, 5) is 32.0. The number of aromatic nitrogens is 3. The summed E-state index contributed by atoms with van der Waals surface area (Å²) in [6, 6.07) is 3.65. The summed E-state index contributed by atoms with van der Waals surface area (Å²) < 4.78 is 1.71. The van der Waals surface area contributed by atoms with E-state index < -0.39 is 0 Å². The molecule has 1 N–H and O–H groups in total. The van der Waals surface area contributed by atoms with Gasteiger partial charge in [-0.2, -0.15) is 5.10 Å². The minimum absolute atomic E-state index is 0.0295. The predicted molar refractivity (Wildman–Crippen MR) is 110 cm³/mol. The van der Waals surface area contributed by atoms with E-state index in [9.17, 15) is 9.59 Å². The molecule has 2 fully saturated rings. The molecule has 2 aromatic rings. The lowest BCUT2D eigenvalue weighted by molar-refractivity contribution is 0.0772. The van der Waals surface area contributed by atoms with Crippen LogP contribution in [0.2, 0.25) is 0 Å². The molecule has 2 amide bonds. The summed E-state index contributed by atoms with van der Waals surface area (Å²) in [5.41, 5.74) is 4.19. The van der Waals surface area contributed by atoms with Crippen molar-refractivity contribution in [2.75, 3.05) is 13.1 Å². The molecule has 0 bridgehead atoms. The highest BCUT2D eigenvalue weighted by atomic mass is 16.2. The van der Waals surface area contributed by atoms with Crippen LogP contribution in [0.3, 0.4) is 0 Å². The fourth-order valence-corrected chi connectivity index (χ4v) is 4.09. The maximum absolute atomic E-state index is 13.1. The van der Waals surface area contributed by atoms with Crippen molar-refractivity contribution < 1.29 is 9.59 Å². The van der Waals surface area contributed by atoms with Crippen molar-refractivity contribution in [1.29, 1.82) is 0 Å². The quantitative estimate of drug-likeness (QED) is 0.844. The van der Waals surface area contributed by atoms with Gasteiger partial charge in [-0.05, 0) is 63.5 Å². The van der Waals surface area contributed by atoms with Crippen LogP contribution in [0.1, 0.15) is 69.9 Å². The molecular weight excluding hydrogens is 366 g/mol. The summed E-state index contributed by atoms with van der Waals surface area (Å²) in [6.45, 7) is 7.26. The highest BCUT2D eigenvalue weighted by Gasteiger charge is 2.36. The first-order valence-electron chi connectivity index (χ1n) is 10.4. The predicted octanol–water partition coefficient (Wildman–Crippen LogP) is 2.59. The van der Waals surface area contributed by atoms with E-state index in [1.165, 1.54) is 0 Å². The molecule has 2 aliphatic rings. The van der Waals surface area contributed by atoms with E-state index in [1.54, 1.807) is 10.7 Å². The lowest BCUT2D eigenvalue weighted by Gasteiger charge is -2.22. The van der Waals surface area contributed by atoms with Crippen molar-refractivity contribution in [3.63, 3.8) is 0 Å². The number of hydrogen-bond donors (Lipinski definition) is 1. The summed E-state index contributed by atoms with van der Waals surface area (Å²) in [5, 5.41) is 7.39. The molecule has 0 spiro atoms. The molecule has 29 heavy (non-hydrogen) atoms. The number of amides is 2. The van der Waals surface area contributed by atoms with Crippen LogP contribution in [-0.4, -0.2) is 50.6 Å². The zero-order valence-electron chi connectivity index (χ0n) is 17.6. The van der Waals surface area contributed by atoms with E-state index in [4.69, 9.17) is 0 Å². The van der Waals surface area contributed by atoms with Crippen molar-refractivity contribution >= 4 is 11.8 Å². The van der Waals surface area contributed by atoms with Crippen LogP contribution < -0.4 is 5.32 Å². The zero-order chi connectivity index (χ0) is 20.7. The lowest BCUT2D eigenvalue weighted by atomic mass is 10.0. The Morgan fingerprint density at radius 2 is 1.97 bits per heavy atom. The van der Waals surface area contributed by atoms with Crippen LogP contribution in [-0.2, 0) is 7.05 Å². The summed E-state index contributed by atoms with van der Waals surface area (Å²) in [5.74, 6) is 0.619. The number of carbonyl (C=O) groups is 2. The van der Waals surface area contributed by atoms with Crippen LogP contribution in [0, 0.1) is 19.8 Å². The van der Waals surface area contributed by atoms with Gasteiger partial charge in [-0.25, -0.2) is 4.98 Å². The minimum atomic E-state index is -0.159. The van der Waals surface area contributed by atoms with Gasteiger partial charge in [-0.1, -0.05) is 6.07 Å². The highest BCUT2D eigenvalue weighted by Crippen LogP contribution is 2.42. The maximum Gasteiger partial charge on any atom is 0.272 e. The minimum Gasteiger partial charge on any atom is -0.348 e. The first-order valence-corrected chi connectivity index (χ1v) is 10.4. The van der Waals surface area contributed by atoms with Crippen molar-refractivity contribution in [2.24, 2.45) is 13.0 Å². The van der Waals surface area contributed by atoms with Crippen LogP contribution in [0.5, 0.6) is 0 Å². The molecule has 2 atom stereocenters. The third-order valence-corrected chi connectivity index (χ3v) is 6.35. The largest absolute Gasteiger partial charge is 0.348 e. The molecule has 7 nitrogen and oxygen atoms in total. The van der Waals surface area contributed by atoms with Gasteiger partial charge >= 0.3 is 0 Å². The Morgan fingerprint density at radius 1 is 1.21 bits per heavy atom. The second kappa shape index (κ2) is 7.61. The van der Waals surface area contributed by atoms with Crippen molar-refractivity contribution in [1.82, 2.24) is 25.0 Å². The molecule has 0 aromatic carbocycles. The maximum atomic E-state index is 13.1. The number of nitrogens with zero attached hydrogens (tertiary/aromatic N) is 4. The smallest absolute Gasteiger partial charge is 0.272 e. The number of pyridine rings is 1. The number of carbonyl (C=O) groups excluding carboxylic acids is 2. The molecular formula is C22H29N5O2. The Kier molecular flexibility index (Phi) is 5.15. The second-order valence-electron chi connectivity index (χ2n) is 8.51. The summed E-state index contributed by atoms with van der Waals surface area (Å²) in [6.07, 6.45) is 5.01. The first kappa shape index (κ1) is 19.6. The van der Waals surface area contributed by atoms with Gasteiger partial charge in [-0.3, -0.25) is 14.3 Å². The van der Waals surface area contributed by atoms with Gasteiger partial charge in [0.2, 0.25) is 0 Å². The average Bonchev–Trinajstić information content (AvgIpc) is 3.27. The monoisotopic (exact) mass is 395 g/mol. The molecule has 4 rings (SSSR count). The molecule has 3 heterocycles. The van der Waals surface area contributed by atoms with E-state index in [0.717, 1.165) is 41.8 Å². The molecule has 2 unspecified atom stereocenters. The van der Waals surface area contributed by atoms with E-state index in [1.807, 2.05) is 45.0 Å². The van der Waals surface area contributed by atoms with Gasteiger partial charge in [0.15, 0.2) is 0 Å². The Bertz CT molecular complexity index is 947. The molecule has 1 saturated heterocycles. The summed E-state index contributed by atoms with van der Waals surface area (Å²) >= 11 is 0. The van der Waals surface area contributed by atoms with Crippen LogP contribution >= 0.6 is 0 Å². The van der Waals surface area contributed by atoms with E-state index in [2.05, 4.69) is 15.4 Å². The number of aryl methyl sites for hydroxylation is 3. The molecule has 1 aliphatic heterocycles. The molecule has 1 aliphatic carbocycles. The van der Waals surface area contributed by atoms with Gasteiger partial charge in [0, 0.05) is 37.4 Å². The van der Waals surface area contributed by atoms with Crippen LogP contribution in [0.25, 0.3) is 0 Å². The van der Waals surface area contributed by atoms with Gasteiger partial charge < -0.3 is 10.2 Å². The lowest BCUT2D eigenvalue weighted by Crippen LogP contribution is -2.40. The first-order chi connectivity index (χ1) is 13.8. The fourth-order valence-electron chi connectivity index (χ4n) is 4.09. The van der Waals surface area contributed by atoms with Crippen LogP contribution in [0.4, 0.5) is 0 Å². The third-order valence-electron chi connectivity index (χ3n) is 6.35. The topological polar surface area (TPSA) is 80.1 Å². The summed E-state index contributed by atoms with van der Waals surface area (Å²) in [7, 11) is 1.84. The molecule has 7 heteroatoms. The Balaban J connectivity index is 1.39. The normalized spacial score (nSPS) is 20.0. The van der Waals surface area contributed by atoms with E-state index in [0.29, 0.717) is 24.7 Å². The number of rotatable bonds is 5. The van der Waals surface area contributed by atoms with Gasteiger partial charge in [-0.15, -0.1) is 0 Å². The van der Waals surface area contributed by atoms with Gasteiger partial charge in [0.25, 0.3) is 11.8 Å². The molecule has 1 saturated carbocycles. The SMILES string of the molecule is Cc1ccc(C(=O)NC(C)C2CCN(C(=O)c3c(C4CC4)cnn3C)C2)nc1C. The number of likely N-dealkylation sites (tertiary alicyclic amines) is 1. The van der Waals surface area contributed by atoms with E-state index in [-0.39, 0.29) is 23.8 Å². The Hall–Kier alpha value is -2.70. The number of hydrogen-bond acceptors (Lipinski definition) is 4. The molecule has 154 valence electrons. The average molecular weight is 396 g/mol. The van der Waals surface area contributed by atoms with Gasteiger partial charge in [0.05, 0.1) is 6.20 Å². The highest BCUT2D eigenvalue weighted by molar-refractivity contribution is 5.94. The molecule has 0 radical (unpaired) electrons. The van der Waals surface area contributed by atoms with Crippen LogP contribution in [0.15, 0.2) is 18.3 Å². The molecule has 2 aromatic heterocycles. The van der Waals surface area contributed by atoms with Crippen molar-refractivity contribution in [3.8, 4) is 0 Å². The van der Waals surface area contributed by atoms with Gasteiger partial charge in [0.1, 0.15) is 11.4 Å². The third kappa shape index (κ3) is 3.91.